The average molecular weight is 452 g/mol. The van der Waals surface area contributed by atoms with Gasteiger partial charge in [0, 0.05) is 24.1 Å². The molecule has 2 heterocycles. The summed E-state index contributed by atoms with van der Waals surface area (Å²) in [6.45, 7) is 2.79. The minimum atomic E-state index is -5.01. The summed E-state index contributed by atoms with van der Waals surface area (Å²) in [5.74, 6) is 0.912. The number of piperidine rings is 1. The van der Waals surface area contributed by atoms with Crippen LogP contribution in [0.5, 0.6) is 5.75 Å². The van der Waals surface area contributed by atoms with Crippen molar-refractivity contribution in [2.75, 3.05) is 20.2 Å². The van der Waals surface area contributed by atoms with Crippen molar-refractivity contribution in [2.24, 2.45) is 11.8 Å². The molecule has 1 aliphatic carbocycles. The molecule has 2 N–H and O–H groups in total. The molecular formula is C22H27F3N4O3. The third-order valence-electron chi connectivity index (χ3n) is 6.96. The number of nitrogens with one attached hydrogen (secondary N) is 1. The third kappa shape index (κ3) is 3.74. The summed E-state index contributed by atoms with van der Waals surface area (Å²) >= 11 is 0. The van der Waals surface area contributed by atoms with Crippen molar-refractivity contribution < 1.29 is 27.8 Å². The highest BCUT2D eigenvalue weighted by Gasteiger charge is 2.59. The Kier molecular flexibility index (Phi) is 5.47. The summed E-state index contributed by atoms with van der Waals surface area (Å²) in [6.07, 6.45) is -2.65. The molecule has 174 valence electrons. The number of amides is 1. The molecule has 1 aromatic heterocycles. The molecule has 7 nitrogen and oxygen atoms in total. The van der Waals surface area contributed by atoms with E-state index in [2.05, 4.69) is 10.2 Å². The Morgan fingerprint density at radius 3 is 2.47 bits per heavy atom. The second-order valence-electron chi connectivity index (χ2n) is 9.09. The number of carbonyl (C=O) groups excluding carboxylic acids is 1. The van der Waals surface area contributed by atoms with E-state index in [1.165, 1.54) is 0 Å². The third-order valence-corrected chi connectivity index (χ3v) is 6.96. The maximum absolute atomic E-state index is 13.1. The Bertz CT molecular complexity index is 983. The maximum atomic E-state index is 13.1. The number of aliphatic hydroxyl groups is 1. The van der Waals surface area contributed by atoms with Crippen molar-refractivity contribution in [1.29, 1.82) is 0 Å². The minimum Gasteiger partial charge on any atom is -0.497 e. The normalized spacial score (nSPS) is 24.7. The number of aromatic amines is 1. The number of rotatable bonds is 5. The number of hydrogen-bond donors (Lipinski definition) is 2. The first-order valence-corrected chi connectivity index (χ1v) is 10.7. The molecule has 2 aromatic rings. The van der Waals surface area contributed by atoms with Gasteiger partial charge in [-0.2, -0.15) is 18.3 Å². The van der Waals surface area contributed by atoms with E-state index in [0.717, 1.165) is 34.9 Å². The van der Waals surface area contributed by atoms with Gasteiger partial charge in [0.2, 0.25) is 5.60 Å². The van der Waals surface area contributed by atoms with Crippen LogP contribution in [0, 0.1) is 11.8 Å². The van der Waals surface area contributed by atoms with Gasteiger partial charge in [-0.1, -0.05) is 6.92 Å². The molecule has 1 saturated heterocycles. The van der Waals surface area contributed by atoms with Crippen LogP contribution in [0.2, 0.25) is 0 Å². The number of hydrogen-bond acceptors (Lipinski definition) is 5. The quantitative estimate of drug-likeness (QED) is 0.726. The number of aromatic nitrogens is 3. The van der Waals surface area contributed by atoms with Gasteiger partial charge in [0.1, 0.15) is 11.6 Å². The molecular weight excluding hydrogens is 425 g/mol. The molecule has 1 amide bonds. The van der Waals surface area contributed by atoms with Gasteiger partial charge in [-0.3, -0.25) is 9.89 Å². The molecule has 1 aromatic carbocycles. The van der Waals surface area contributed by atoms with E-state index in [1.54, 1.807) is 7.11 Å². The Morgan fingerprint density at radius 2 is 1.94 bits per heavy atom. The highest BCUT2D eigenvalue weighted by Crippen LogP contribution is 2.57. The van der Waals surface area contributed by atoms with Gasteiger partial charge in [0.25, 0.3) is 5.91 Å². The molecule has 4 rings (SSSR count). The maximum Gasteiger partial charge on any atom is 0.426 e. The molecule has 10 heteroatoms. The molecule has 1 saturated carbocycles. The molecule has 0 bridgehead atoms. The van der Waals surface area contributed by atoms with Crippen LogP contribution in [0.4, 0.5) is 13.2 Å². The summed E-state index contributed by atoms with van der Waals surface area (Å²) in [7, 11) is 1.60. The number of nitrogens with zero attached hydrogens (tertiary/aromatic N) is 3. The number of alkyl halides is 3. The number of likely N-dealkylation sites (tertiary alicyclic amines) is 1. The summed E-state index contributed by atoms with van der Waals surface area (Å²) in [4.78, 5) is 18.2. The number of H-pyrrole nitrogens is 1. The fourth-order valence-electron chi connectivity index (χ4n) is 4.85. The first-order valence-electron chi connectivity index (χ1n) is 10.7. The van der Waals surface area contributed by atoms with Crippen LogP contribution in [0.3, 0.4) is 0 Å². The van der Waals surface area contributed by atoms with Gasteiger partial charge in [-0.15, -0.1) is 0 Å². The van der Waals surface area contributed by atoms with E-state index in [9.17, 15) is 23.1 Å². The van der Waals surface area contributed by atoms with Gasteiger partial charge >= 0.3 is 6.18 Å². The molecule has 1 aliphatic heterocycles. The van der Waals surface area contributed by atoms with E-state index >= 15 is 0 Å². The second kappa shape index (κ2) is 7.75. The van der Waals surface area contributed by atoms with E-state index in [1.807, 2.05) is 31.2 Å². The predicted octanol–water partition coefficient (Wildman–Crippen LogP) is 3.31. The van der Waals surface area contributed by atoms with Crippen molar-refractivity contribution >= 4 is 5.91 Å². The number of halogens is 3. The lowest BCUT2D eigenvalue weighted by Gasteiger charge is -2.42. The van der Waals surface area contributed by atoms with E-state index < -0.39 is 17.7 Å². The van der Waals surface area contributed by atoms with Crippen LogP contribution in [0.1, 0.15) is 38.9 Å². The van der Waals surface area contributed by atoms with Gasteiger partial charge < -0.3 is 14.7 Å². The molecule has 0 radical (unpaired) electrons. The Hall–Kier alpha value is -2.62. The van der Waals surface area contributed by atoms with Crippen LogP contribution in [-0.2, 0) is 10.2 Å². The summed E-state index contributed by atoms with van der Waals surface area (Å²) in [5, 5.41) is 17.2. The van der Waals surface area contributed by atoms with Crippen LogP contribution in [0.15, 0.2) is 24.3 Å². The minimum absolute atomic E-state index is 0.0474. The number of methoxy groups -OCH3 is 1. The number of benzene rings is 1. The van der Waals surface area contributed by atoms with Crippen LogP contribution in [0.25, 0.3) is 11.4 Å². The van der Waals surface area contributed by atoms with E-state index in [-0.39, 0.29) is 30.3 Å². The molecule has 32 heavy (non-hydrogen) atoms. The zero-order valence-electron chi connectivity index (χ0n) is 18.2. The van der Waals surface area contributed by atoms with Gasteiger partial charge in [0.15, 0.2) is 5.82 Å². The lowest BCUT2D eigenvalue weighted by atomic mass is 9.74. The summed E-state index contributed by atoms with van der Waals surface area (Å²) in [6, 6.07) is 7.43. The fraction of sp³-hybridized carbons (Fsp3) is 0.591. The second-order valence-corrected chi connectivity index (χ2v) is 9.09. The molecule has 1 unspecified atom stereocenters. The zero-order chi connectivity index (χ0) is 23.3. The molecule has 3 atom stereocenters. The number of ether oxygens (including phenoxy) is 1. The van der Waals surface area contributed by atoms with Crippen molar-refractivity contribution in [3.05, 3.63) is 30.1 Å². The highest BCUT2D eigenvalue weighted by atomic mass is 19.4. The van der Waals surface area contributed by atoms with Gasteiger partial charge in [-0.25, -0.2) is 4.98 Å². The van der Waals surface area contributed by atoms with Crippen molar-refractivity contribution in [2.45, 2.75) is 50.3 Å². The highest BCUT2D eigenvalue weighted by molar-refractivity contribution is 5.85. The summed E-state index contributed by atoms with van der Waals surface area (Å²) in [5.41, 5.74) is -2.74. The van der Waals surface area contributed by atoms with Crippen molar-refractivity contribution in [1.82, 2.24) is 20.1 Å². The molecule has 2 aliphatic rings. The van der Waals surface area contributed by atoms with Crippen molar-refractivity contribution in [3.63, 3.8) is 0 Å². The average Bonchev–Trinajstić information content (AvgIpc) is 3.40. The Morgan fingerprint density at radius 1 is 1.28 bits per heavy atom. The predicted molar refractivity (Wildman–Crippen MR) is 110 cm³/mol. The van der Waals surface area contributed by atoms with Gasteiger partial charge in [-0.05, 0) is 62.3 Å². The Labute approximate surface area is 184 Å². The Balaban J connectivity index is 1.48. The summed E-state index contributed by atoms with van der Waals surface area (Å²) < 4.78 is 44.5. The molecule has 0 spiro atoms. The fourth-order valence-corrected chi connectivity index (χ4v) is 4.85. The zero-order valence-corrected chi connectivity index (χ0v) is 18.2. The molecule has 2 fully saturated rings. The van der Waals surface area contributed by atoms with E-state index in [4.69, 9.17) is 9.72 Å². The standard InChI is InChI=1S/C22H27F3N4O3/c1-13-12-29(19(30)20(2,31)22(23,24)25)11-8-16(13)21(9-10-21)18-26-17(27-28-18)14-4-6-15(32-3)7-5-14/h4-7,13,16,31H,8-12H2,1-3H3,(H,26,27,28)/t13-,16?,20-/m1/s1. The first kappa shape index (κ1) is 22.6. The SMILES string of the molecule is COc1ccc(-c2n[nH]c(C3(C4CCN(C(=O)[C@@](C)(O)C(F)(F)F)C[C@H]4C)CC3)n2)cc1. The lowest BCUT2D eigenvalue weighted by Crippen LogP contribution is -2.59. The van der Waals surface area contributed by atoms with Crippen molar-refractivity contribution in [3.8, 4) is 17.1 Å². The number of carbonyl (C=O) groups is 1. The largest absolute Gasteiger partial charge is 0.497 e. The first-order chi connectivity index (χ1) is 15.0. The lowest BCUT2D eigenvalue weighted by molar-refractivity contribution is -0.251. The van der Waals surface area contributed by atoms with Gasteiger partial charge in [0.05, 0.1) is 7.11 Å². The monoisotopic (exact) mass is 452 g/mol. The van der Waals surface area contributed by atoms with Crippen LogP contribution in [-0.4, -0.2) is 63.1 Å². The van der Waals surface area contributed by atoms with E-state index in [0.29, 0.717) is 19.2 Å². The van der Waals surface area contributed by atoms with Crippen LogP contribution >= 0.6 is 0 Å². The topological polar surface area (TPSA) is 91.3 Å². The van der Waals surface area contributed by atoms with Crippen LogP contribution < -0.4 is 4.74 Å². The smallest absolute Gasteiger partial charge is 0.426 e.